The molecule has 19 heavy (non-hydrogen) atoms. The van der Waals surface area contributed by atoms with Crippen LogP contribution in [0.1, 0.15) is 31.4 Å². The third kappa shape index (κ3) is 2.32. The van der Waals surface area contributed by atoms with Gasteiger partial charge >= 0.3 is 0 Å². The van der Waals surface area contributed by atoms with Gasteiger partial charge in [0.25, 0.3) is 5.91 Å². The molecule has 8 heteroatoms. The molecule has 0 bridgehead atoms. The Morgan fingerprint density at radius 1 is 1.53 bits per heavy atom. The summed E-state index contributed by atoms with van der Waals surface area (Å²) in [5.74, 6) is -1.18. The van der Waals surface area contributed by atoms with Gasteiger partial charge in [-0.3, -0.25) is 14.4 Å². The zero-order valence-corrected chi connectivity index (χ0v) is 10.9. The smallest absolute Gasteiger partial charge is 0.274 e. The van der Waals surface area contributed by atoms with E-state index in [1.54, 1.807) is 0 Å². The first kappa shape index (κ1) is 13.5. The summed E-state index contributed by atoms with van der Waals surface area (Å²) < 4.78 is 4.79. The molecular weight excluding hydrogens is 270 g/mol. The number of carbonyl (C=O) groups is 3. The van der Waals surface area contributed by atoms with Crippen molar-refractivity contribution in [1.82, 2.24) is 10.5 Å². The molecule has 2 rings (SSSR count). The molecule has 1 aromatic rings. The van der Waals surface area contributed by atoms with Gasteiger partial charge in [0.15, 0.2) is 5.69 Å². The van der Waals surface area contributed by atoms with Crippen LogP contribution in [-0.4, -0.2) is 42.0 Å². The van der Waals surface area contributed by atoms with E-state index in [1.807, 2.05) is 0 Å². The van der Waals surface area contributed by atoms with E-state index in [1.165, 1.54) is 24.9 Å². The average Bonchev–Trinajstić information content (AvgIpc) is 2.85. The van der Waals surface area contributed by atoms with Crippen molar-refractivity contribution in [2.24, 2.45) is 5.73 Å². The number of hydrogen-bond acceptors (Lipinski definition) is 7. The van der Waals surface area contributed by atoms with Crippen molar-refractivity contribution >= 4 is 29.2 Å². The topological polar surface area (TPSA) is 115 Å². The molecule has 0 saturated carbocycles. The number of nitrogens with one attached hydrogen (secondary N) is 1. The second kappa shape index (κ2) is 5.37. The summed E-state index contributed by atoms with van der Waals surface area (Å²) in [5, 5.41) is 5.83. The van der Waals surface area contributed by atoms with Crippen LogP contribution in [0, 0.1) is 0 Å². The van der Waals surface area contributed by atoms with Gasteiger partial charge in [0.05, 0.1) is 4.91 Å². The Morgan fingerprint density at radius 3 is 2.89 bits per heavy atom. The zero-order valence-electron chi connectivity index (χ0n) is 10.1. The molecule has 1 aromatic heterocycles. The monoisotopic (exact) mass is 281 g/mol. The third-order valence-electron chi connectivity index (χ3n) is 2.45. The zero-order chi connectivity index (χ0) is 14.0. The van der Waals surface area contributed by atoms with Gasteiger partial charge in [0, 0.05) is 25.4 Å². The quantitative estimate of drug-likeness (QED) is 0.797. The predicted molar refractivity (Wildman–Crippen MR) is 68.1 cm³/mol. The summed E-state index contributed by atoms with van der Waals surface area (Å²) in [5.41, 5.74) is 5.11. The Morgan fingerprint density at radius 2 is 2.26 bits per heavy atom. The Kier molecular flexibility index (Phi) is 3.82. The molecule has 1 aliphatic rings. The highest BCUT2D eigenvalue weighted by Gasteiger charge is 2.35. The maximum absolute atomic E-state index is 12.2. The summed E-state index contributed by atoms with van der Waals surface area (Å²) in [4.78, 5) is 35.8. The number of nitrogens with two attached hydrogens (primary N) is 1. The number of amides is 1. The highest BCUT2D eigenvalue weighted by molar-refractivity contribution is 8.04. The predicted octanol–water partition coefficient (Wildman–Crippen LogP) is -0.0110. The highest BCUT2D eigenvalue weighted by atomic mass is 32.2. The molecule has 1 amide bonds. The highest BCUT2D eigenvalue weighted by Crippen LogP contribution is 2.30. The Labute approximate surface area is 112 Å². The van der Waals surface area contributed by atoms with Crippen molar-refractivity contribution in [3.8, 4) is 0 Å². The lowest BCUT2D eigenvalue weighted by Gasteiger charge is -2.09. The first-order valence-electron chi connectivity index (χ1n) is 5.45. The van der Waals surface area contributed by atoms with Gasteiger partial charge in [0.2, 0.25) is 17.3 Å². The van der Waals surface area contributed by atoms with Crippen LogP contribution < -0.4 is 11.1 Å². The maximum Gasteiger partial charge on any atom is 0.274 e. The van der Waals surface area contributed by atoms with Crippen LogP contribution in [0.5, 0.6) is 0 Å². The van der Waals surface area contributed by atoms with Crippen molar-refractivity contribution in [3.63, 3.8) is 0 Å². The molecule has 7 nitrogen and oxygen atoms in total. The first-order chi connectivity index (χ1) is 9.10. The fraction of sp³-hybridized carbons (Fsp3) is 0.273. The molecule has 0 saturated heterocycles. The largest absolute Gasteiger partial charge is 0.354 e. The number of Topliss-reactive ketones (excluding diaryl/α,β-unsaturated/α-hetero) is 1. The molecule has 100 valence electrons. The fourth-order valence-corrected chi connectivity index (χ4v) is 2.35. The average molecular weight is 281 g/mol. The van der Waals surface area contributed by atoms with Crippen LogP contribution >= 0.6 is 11.8 Å². The SMILES string of the molecule is CNC(=O)c1noc2c1C(=O)C(SCCN)=CC2=O. The molecule has 0 unspecified atom stereocenters. The van der Waals surface area contributed by atoms with Gasteiger partial charge in [-0.2, -0.15) is 0 Å². The number of rotatable bonds is 4. The third-order valence-corrected chi connectivity index (χ3v) is 3.50. The van der Waals surface area contributed by atoms with Gasteiger partial charge in [-0.15, -0.1) is 11.8 Å². The molecule has 0 aliphatic heterocycles. The molecule has 0 spiro atoms. The second-order valence-corrected chi connectivity index (χ2v) is 4.79. The molecule has 0 radical (unpaired) electrons. The minimum atomic E-state index is -0.573. The lowest BCUT2D eigenvalue weighted by Crippen LogP contribution is -2.23. The van der Waals surface area contributed by atoms with Crippen molar-refractivity contribution in [1.29, 1.82) is 0 Å². The van der Waals surface area contributed by atoms with E-state index in [2.05, 4.69) is 10.5 Å². The molecule has 1 heterocycles. The van der Waals surface area contributed by atoms with Gasteiger partial charge in [0.1, 0.15) is 5.56 Å². The van der Waals surface area contributed by atoms with Crippen molar-refractivity contribution in [2.75, 3.05) is 19.3 Å². The van der Waals surface area contributed by atoms with Crippen LogP contribution in [0.4, 0.5) is 0 Å². The Balaban J connectivity index is 2.43. The standard InChI is InChI=1S/C11H11N3O4S/c1-13-11(17)8-7-9(16)6(19-3-2-12)4-5(15)10(7)18-14-8/h4H,2-3,12H2,1H3,(H,13,17). The van der Waals surface area contributed by atoms with Crippen LogP contribution in [0.2, 0.25) is 0 Å². The fourth-order valence-electron chi connectivity index (χ4n) is 1.59. The second-order valence-electron chi connectivity index (χ2n) is 3.65. The number of ketones is 2. The van der Waals surface area contributed by atoms with Gasteiger partial charge < -0.3 is 15.6 Å². The van der Waals surface area contributed by atoms with E-state index in [4.69, 9.17) is 10.3 Å². The number of hydrogen-bond donors (Lipinski definition) is 2. The number of allylic oxidation sites excluding steroid dienone is 2. The number of fused-ring (bicyclic) bond motifs is 1. The van der Waals surface area contributed by atoms with E-state index in [9.17, 15) is 14.4 Å². The van der Waals surface area contributed by atoms with Gasteiger partial charge in [-0.05, 0) is 0 Å². The van der Waals surface area contributed by atoms with Crippen molar-refractivity contribution in [3.05, 3.63) is 28.0 Å². The van der Waals surface area contributed by atoms with Crippen molar-refractivity contribution in [2.45, 2.75) is 0 Å². The summed E-state index contributed by atoms with van der Waals surface area (Å²) in [6.07, 6.45) is 1.18. The molecule has 1 aliphatic carbocycles. The van der Waals surface area contributed by atoms with Gasteiger partial charge in [-0.1, -0.05) is 5.16 Å². The molecule has 3 N–H and O–H groups in total. The number of nitrogens with zero attached hydrogens (tertiary/aromatic N) is 1. The van der Waals surface area contributed by atoms with Crippen LogP contribution in [-0.2, 0) is 0 Å². The van der Waals surface area contributed by atoms with Crippen LogP contribution in [0.25, 0.3) is 0 Å². The van der Waals surface area contributed by atoms with Crippen LogP contribution in [0.3, 0.4) is 0 Å². The van der Waals surface area contributed by atoms with E-state index < -0.39 is 17.5 Å². The minimum Gasteiger partial charge on any atom is -0.354 e. The lowest BCUT2D eigenvalue weighted by atomic mass is 10.00. The summed E-state index contributed by atoms with van der Waals surface area (Å²) in [6.45, 7) is 0.377. The van der Waals surface area contributed by atoms with E-state index in [-0.39, 0.29) is 21.9 Å². The Bertz CT molecular complexity index is 591. The summed E-state index contributed by atoms with van der Waals surface area (Å²) in [7, 11) is 1.40. The molecule has 0 aromatic carbocycles. The normalized spacial score (nSPS) is 14.1. The van der Waals surface area contributed by atoms with E-state index in [0.29, 0.717) is 12.3 Å². The summed E-state index contributed by atoms with van der Waals surface area (Å²) >= 11 is 1.17. The van der Waals surface area contributed by atoms with Gasteiger partial charge in [-0.25, -0.2) is 0 Å². The lowest BCUT2D eigenvalue weighted by molar-refractivity contribution is 0.0944. The van der Waals surface area contributed by atoms with Crippen LogP contribution in [0.15, 0.2) is 15.5 Å². The Hall–Kier alpha value is -1.93. The van der Waals surface area contributed by atoms with E-state index in [0.717, 1.165) is 0 Å². The van der Waals surface area contributed by atoms with Crippen molar-refractivity contribution < 1.29 is 18.9 Å². The number of thioether (sulfide) groups is 1. The first-order valence-corrected chi connectivity index (χ1v) is 6.44. The minimum absolute atomic E-state index is 0.0774. The molecule has 0 fully saturated rings. The molecule has 0 atom stereocenters. The maximum atomic E-state index is 12.2. The number of aromatic nitrogens is 1. The number of carbonyl (C=O) groups excluding carboxylic acids is 3. The van der Waals surface area contributed by atoms with E-state index >= 15 is 0 Å². The summed E-state index contributed by atoms with van der Waals surface area (Å²) in [6, 6.07) is 0. The molecular formula is C11H11N3O4S.